The zero-order valence-electron chi connectivity index (χ0n) is 11.1. The number of nitrogen functional groups attached to an aromatic ring is 1. The summed E-state index contributed by atoms with van der Waals surface area (Å²) in [5, 5.41) is 0. The summed E-state index contributed by atoms with van der Waals surface area (Å²) in [7, 11) is 3.72. The van der Waals surface area contributed by atoms with Crippen LogP contribution in [0.4, 0.5) is 11.4 Å². The SMILES string of the molecule is COc1ccccc1N(C)Cc1cc(N)ccc1Br. The van der Waals surface area contributed by atoms with Crippen LogP contribution in [0.3, 0.4) is 0 Å². The molecule has 4 heteroatoms. The molecule has 2 aromatic carbocycles. The summed E-state index contributed by atoms with van der Waals surface area (Å²) < 4.78 is 6.44. The van der Waals surface area contributed by atoms with E-state index >= 15 is 0 Å². The Morgan fingerprint density at radius 1 is 1.21 bits per heavy atom. The fourth-order valence-electron chi connectivity index (χ4n) is 2.00. The summed E-state index contributed by atoms with van der Waals surface area (Å²) in [6, 6.07) is 13.8. The Morgan fingerprint density at radius 2 is 1.95 bits per heavy atom. The maximum absolute atomic E-state index is 5.83. The molecule has 0 aliphatic rings. The molecule has 0 radical (unpaired) electrons. The Labute approximate surface area is 122 Å². The molecule has 0 aliphatic heterocycles. The number of hydrogen-bond acceptors (Lipinski definition) is 3. The second-order valence-corrected chi connectivity index (χ2v) is 5.23. The largest absolute Gasteiger partial charge is 0.495 e. The minimum absolute atomic E-state index is 0.756. The molecule has 2 aromatic rings. The monoisotopic (exact) mass is 320 g/mol. The normalized spacial score (nSPS) is 10.3. The predicted octanol–water partition coefficient (Wildman–Crippen LogP) is 3.68. The van der Waals surface area contributed by atoms with Crippen molar-refractivity contribution in [2.24, 2.45) is 0 Å². The number of benzene rings is 2. The quantitative estimate of drug-likeness (QED) is 0.873. The van der Waals surface area contributed by atoms with Crippen molar-refractivity contribution in [2.75, 3.05) is 24.8 Å². The lowest BCUT2D eigenvalue weighted by molar-refractivity contribution is 0.415. The fourth-order valence-corrected chi connectivity index (χ4v) is 2.37. The topological polar surface area (TPSA) is 38.5 Å². The van der Waals surface area contributed by atoms with Gasteiger partial charge in [0.2, 0.25) is 0 Å². The number of ether oxygens (including phenoxy) is 1. The molecular weight excluding hydrogens is 304 g/mol. The summed E-state index contributed by atoms with van der Waals surface area (Å²) in [6.45, 7) is 0.756. The van der Waals surface area contributed by atoms with Gasteiger partial charge in [0.25, 0.3) is 0 Å². The minimum atomic E-state index is 0.756. The van der Waals surface area contributed by atoms with Gasteiger partial charge in [0, 0.05) is 23.8 Å². The van der Waals surface area contributed by atoms with Crippen molar-refractivity contribution >= 4 is 27.3 Å². The van der Waals surface area contributed by atoms with Crippen LogP contribution < -0.4 is 15.4 Å². The summed E-state index contributed by atoms with van der Waals surface area (Å²) in [6.07, 6.45) is 0. The molecule has 0 spiro atoms. The third-order valence-corrected chi connectivity index (χ3v) is 3.75. The van der Waals surface area contributed by atoms with Crippen molar-refractivity contribution in [3.05, 3.63) is 52.5 Å². The molecule has 19 heavy (non-hydrogen) atoms. The molecule has 0 unspecified atom stereocenters. The molecule has 0 aliphatic carbocycles. The number of para-hydroxylation sites is 2. The fraction of sp³-hybridized carbons (Fsp3) is 0.200. The van der Waals surface area contributed by atoms with Crippen molar-refractivity contribution < 1.29 is 4.74 Å². The summed E-state index contributed by atoms with van der Waals surface area (Å²) >= 11 is 3.55. The lowest BCUT2D eigenvalue weighted by atomic mass is 10.2. The standard InChI is InChI=1S/C15H17BrN2O/c1-18(14-5-3-4-6-15(14)19-2)10-11-9-12(17)7-8-13(11)16/h3-9H,10,17H2,1-2H3. The number of nitrogens with zero attached hydrogens (tertiary/aromatic N) is 1. The molecule has 0 saturated heterocycles. The highest BCUT2D eigenvalue weighted by Gasteiger charge is 2.09. The molecule has 0 atom stereocenters. The molecule has 2 N–H and O–H groups in total. The lowest BCUT2D eigenvalue weighted by Gasteiger charge is -2.22. The Kier molecular flexibility index (Phi) is 4.32. The average molecular weight is 321 g/mol. The zero-order chi connectivity index (χ0) is 13.8. The van der Waals surface area contributed by atoms with E-state index in [4.69, 9.17) is 10.5 Å². The van der Waals surface area contributed by atoms with Crippen molar-refractivity contribution in [3.8, 4) is 5.75 Å². The van der Waals surface area contributed by atoms with Gasteiger partial charge in [-0.15, -0.1) is 0 Å². The Hall–Kier alpha value is -1.68. The molecule has 2 rings (SSSR count). The number of hydrogen-bond donors (Lipinski definition) is 1. The molecule has 0 heterocycles. The summed E-state index contributed by atoms with van der Waals surface area (Å²) in [5.41, 5.74) is 8.81. The Bertz CT molecular complexity index is 572. The molecule has 3 nitrogen and oxygen atoms in total. The van der Waals surface area contributed by atoms with Crippen LogP contribution in [0.5, 0.6) is 5.75 Å². The van der Waals surface area contributed by atoms with Crippen molar-refractivity contribution in [1.29, 1.82) is 0 Å². The molecule has 0 amide bonds. The number of anilines is 2. The van der Waals surface area contributed by atoms with Crippen molar-refractivity contribution in [2.45, 2.75) is 6.54 Å². The van der Waals surface area contributed by atoms with Crippen LogP contribution >= 0.6 is 15.9 Å². The van der Waals surface area contributed by atoms with E-state index < -0.39 is 0 Å². The third kappa shape index (κ3) is 3.20. The first-order chi connectivity index (χ1) is 9.11. The second-order valence-electron chi connectivity index (χ2n) is 4.38. The van der Waals surface area contributed by atoms with E-state index in [1.54, 1.807) is 7.11 Å². The van der Waals surface area contributed by atoms with E-state index in [0.29, 0.717) is 0 Å². The number of halogens is 1. The highest BCUT2D eigenvalue weighted by atomic mass is 79.9. The van der Waals surface area contributed by atoms with Crippen LogP contribution in [-0.2, 0) is 6.54 Å². The number of rotatable bonds is 4. The van der Waals surface area contributed by atoms with E-state index in [2.05, 4.69) is 20.8 Å². The van der Waals surface area contributed by atoms with E-state index in [1.165, 1.54) is 0 Å². The number of methoxy groups -OCH3 is 1. The van der Waals surface area contributed by atoms with Crippen LogP contribution in [0.15, 0.2) is 46.9 Å². The van der Waals surface area contributed by atoms with Gasteiger partial charge < -0.3 is 15.4 Å². The van der Waals surface area contributed by atoms with E-state index in [9.17, 15) is 0 Å². The maximum Gasteiger partial charge on any atom is 0.142 e. The summed E-state index contributed by atoms with van der Waals surface area (Å²) in [5.74, 6) is 0.866. The molecular formula is C15H17BrN2O. The van der Waals surface area contributed by atoms with Gasteiger partial charge in [-0.05, 0) is 35.9 Å². The lowest BCUT2D eigenvalue weighted by Crippen LogP contribution is -2.17. The van der Waals surface area contributed by atoms with Gasteiger partial charge in [0.05, 0.1) is 12.8 Å². The Morgan fingerprint density at radius 3 is 2.68 bits per heavy atom. The highest BCUT2D eigenvalue weighted by molar-refractivity contribution is 9.10. The van der Waals surface area contributed by atoms with Gasteiger partial charge in [-0.3, -0.25) is 0 Å². The van der Waals surface area contributed by atoms with E-state index in [-0.39, 0.29) is 0 Å². The van der Waals surface area contributed by atoms with Crippen LogP contribution in [0, 0.1) is 0 Å². The molecule has 0 saturated carbocycles. The van der Waals surface area contributed by atoms with Gasteiger partial charge in [-0.1, -0.05) is 28.1 Å². The predicted molar refractivity (Wildman–Crippen MR) is 83.7 cm³/mol. The molecule has 0 fully saturated rings. The first-order valence-corrected chi connectivity index (χ1v) is 6.79. The second kappa shape index (κ2) is 5.97. The maximum atomic E-state index is 5.83. The van der Waals surface area contributed by atoms with Crippen molar-refractivity contribution in [3.63, 3.8) is 0 Å². The Balaban J connectivity index is 2.25. The van der Waals surface area contributed by atoms with Gasteiger partial charge in [0.1, 0.15) is 5.75 Å². The van der Waals surface area contributed by atoms with Crippen LogP contribution in [0.1, 0.15) is 5.56 Å². The van der Waals surface area contributed by atoms with E-state index in [0.717, 1.165) is 33.7 Å². The van der Waals surface area contributed by atoms with Gasteiger partial charge >= 0.3 is 0 Å². The van der Waals surface area contributed by atoms with Crippen molar-refractivity contribution in [1.82, 2.24) is 0 Å². The first-order valence-electron chi connectivity index (χ1n) is 6.00. The molecule has 0 aromatic heterocycles. The first kappa shape index (κ1) is 13.7. The van der Waals surface area contributed by atoms with Crippen LogP contribution in [0.2, 0.25) is 0 Å². The highest BCUT2D eigenvalue weighted by Crippen LogP contribution is 2.29. The average Bonchev–Trinajstić information content (AvgIpc) is 2.42. The van der Waals surface area contributed by atoms with Crippen LogP contribution in [-0.4, -0.2) is 14.2 Å². The number of nitrogens with two attached hydrogens (primary N) is 1. The third-order valence-electron chi connectivity index (χ3n) is 2.97. The van der Waals surface area contributed by atoms with Gasteiger partial charge in [0.15, 0.2) is 0 Å². The summed E-state index contributed by atoms with van der Waals surface area (Å²) in [4.78, 5) is 2.14. The minimum Gasteiger partial charge on any atom is -0.495 e. The molecule has 100 valence electrons. The van der Waals surface area contributed by atoms with Gasteiger partial charge in [-0.25, -0.2) is 0 Å². The smallest absolute Gasteiger partial charge is 0.142 e. The van der Waals surface area contributed by atoms with Crippen LogP contribution in [0.25, 0.3) is 0 Å². The van der Waals surface area contributed by atoms with E-state index in [1.807, 2.05) is 49.5 Å². The zero-order valence-corrected chi connectivity index (χ0v) is 12.6. The van der Waals surface area contributed by atoms with Gasteiger partial charge in [-0.2, -0.15) is 0 Å². The molecule has 0 bridgehead atoms.